The van der Waals surface area contributed by atoms with Crippen molar-refractivity contribution in [2.24, 2.45) is 0 Å². The van der Waals surface area contributed by atoms with Crippen LogP contribution in [0.25, 0.3) is 21.8 Å². The third-order valence-corrected chi connectivity index (χ3v) is 6.66. The van der Waals surface area contributed by atoms with Gasteiger partial charge in [0.05, 0.1) is 37.4 Å². The molecule has 35 heavy (non-hydrogen) atoms. The van der Waals surface area contributed by atoms with Gasteiger partial charge in [-0.15, -0.1) is 0 Å². The molecule has 2 heterocycles. The van der Waals surface area contributed by atoms with Crippen molar-refractivity contribution >= 4 is 27.7 Å². The molecule has 4 aromatic rings. The number of para-hydroxylation sites is 2. The number of methoxy groups -OCH3 is 1. The number of hydrogen-bond acceptors (Lipinski definition) is 5. The van der Waals surface area contributed by atoms with Gasteiger partial charge in [0.15, 0.2) is 5.43 Å². The van der Waals surface area contributed by atoms with Crippen molar-refractivity contribution in [1.82, 2.24) is 14.8 Å². The second-order valence-corrected chi connectivity index (χ2v) is 8.69. The summed E-state index contributed by atoms with van der Waals surface area (Å²) in [6.45, 7) is 3.57. The number of morpholine rings is 1. The van der Waals surface area contributed by atoms with Crippen LogP contribution in [-0.2, 0) is 16.1 Å². The zero-order chi connectivity index (χ0) is 24.2. The summed E-state index contributed by atoms with van der Waals surface area (Å²) in [5.74, 6) is 0.700. The Morgan fingerprint density at radius 2 is 1.54 bits per heavy atom. The highest BCUT2D eigenvalue weighted by Crippen LogP contribution is 2.24. The van der Waals surface area contributed by atoms with Crippen LogP contribution >= 0.6 is 0 Å². The van der Waals surface area contributed by atoms with Crippen LogP contribution in [0.2, 0.25) is 0 Å². The molecule has 0 radical (unpaired) electrons. The molecule has 1 aliphatic heterocycles. The normalized spacial score (nSPS) is 15.2. The molecule has 0 saturated carbocycles. The van der Waals surface area contributed by atoms with Gasteiger partial charge in [-0.05, 0) is 42.0 Å². The molecule has 0 aliphatic carbocycles. The number of carbonyl (C=O) groups is 1. The third-order valence-electron chi connectivity index (χ3n) is 6.66. The van der Waals surface area contributed by atoms with Gasteiger partial charge in [-0.1, -0.05) is 36.4 Å². The maximum Gasteiger partial charge on any atom is 0.240 e. The molecule has 180 valence electrons. The second kappa shape index (κ2) is 10.3. The second-order valence-electron chi connectivity index (χ2n) is 8.69. The van der Waals surface area contributed by atoms with Gasteiger partial charge in [0.25, 0.3) is 0 Å². The molecule has 1 N–H and O–H groups in total. The lowest BCUT2D eigenvalue weighted by atomic mass is 10.0. The fraction of sp³-hybridized carbons (Fsp3) is 0.286. The highest BCUT2D eigenvalue weighted by Gasteiger charge is 2.23. The Labute approximate surface area is 203 Å². The number of nitrogens with one attached hydrogen (secondary N) is 1. The van der Waals surface area contributed by atoms with Crippen LogP contribution in [0, 0.1) is 0 Å². The van der Waals surface area contributed by atoms with E-state index >= 15 is 0 Å². The summed E-state index contributed by atoms with van der Waals surface area (Å²) in [5, 5.41) is 4.38. The van der Waals surface area contributed by atoms with Crippen molar-refractivity contribution in [2.45, 2.75) is 12.6 Å². The van der Waals surface area contributed by atoms with Gasteiger partial charge in [-0.25, -0.2) is 0 Å². The fourth-order valence-electron chi connectivity index (χ4n) is 4.83. The van der Waals surface area contributed by atoms with Gasteiger partial charge in [0.2, 0.25) is 5.91 Å². The highest BCUT2D eigenvalue weighted by atomic mass is 16.5. The molecule has 5 rings (SSSR count). The molecule has 7 heteroatoms. The zero-order valence-electron chi connectivity index (χ0n) is 19.8. The Morgan fingerprint density at radius 1 is 0.943 bits per heavy atom. The van der Waals surface area contributed by atoms with E-state index in [2.05, 4.69) is 10.2 Å². The molecule has 3 aromatic carbocycles. The first-order chi connectivity index (χ1) is 17.2. The molecule has 7 nitrogen and oxygen atoms in total. The van der Waals surface area contributed by atoms with Crippen molar-refractivity contribution in [2.75, 3.05) is 40.0 Å². The molecule has 1 saturated heterocycles. The number of ether oxygens (including phenoxy) is 2. The van der Waals surface area contributed by atoms with Crippen molar-refractivity contribution in [1.29, 1.82) is 0 Å². The average molecular weight is 472 g/mol. The molecule has 1 aliphatic rings. The number of nitrogens with zero attached hydrogens (tertiary/aromatic N) is 2. The molecule has 0 spiro atoms. The predicted molar refractivity (Wildman–Crippen MR) is 137 cm³/mol. The van der Waals surface area contributed by atoms with E-state index in [0.717, 1.165) is 35.4 Å². The number of benzene rings is 3. The number of carbonyl (C=O) groups excluding carboxylic acids is 1. The minimum absolute atomic E-state index is 0.0141. The van der Waals surface area contributed by atoms with Crippen molar-refractivity contribution in [3.05, 3.63) is 88.6 Å². The summed E-state index contributed by atoms with van der Waals surface area (Å²) in [6.07, 6.45) is 0. The van der Waals surface area contributed by atoms with Crippen LogP contribution < -0.4 is 15.5 Å². The van der Waals surface area contributed by atoms with Gasteiger partial charge >= 0.3 is 0 Å². The summed E-state index contributed by atoms with van der Waals surface area (Å²) >= 11 is 0. The van der Waals surface area contributed by atoms with Gasteiger partial charge < -0.3 is 19.4 Å². The number of fused-ring (bicyclic) bond motifs is 2. The van der Waals surface area contributed by atoms with Crippen LogP contribution in [0.15, 0.2) is 77.6 Å². The summed E-state index contributed by atoms with van der Waals surface area (Å²) in [4.78, 5) is 28.6. The SMILES string of the molecule is COc1ccc([C@@H](CNC(=O)Cn2c3ccccc3c(=O)c3ccccc32)N2CCOCC2)cc1. The molecule has 1 aromatic heterocycles. The molecule has 1 atom stereocenters. The fourth-order valence-corrected chi connectivity index (χ4v) is 4.83. The number of rotatable bonds is 7. The first kappa shape index (κ1) is 23.1. The minimum atomic E-state index is -0.101. The third kappa shape index (κ3) is 4.78. The van der Waals surface area contributed by atoms with Crippen molar-refractivity contribution in [3.63, 3.8) is 0 Å². The zero-order valence-corrected chi connectivity index (χ0v) is 19.8. The van der Waals surface area contributed by atoms with E-state index in [1.807, 2.05) is 77.4 Å². The summed E-state index contributed by atoms with van der Waals surface area (Å²) in [5.41, 5.74) is 2.62. The Morgan fingerprint density at radius 3 is 2.14 bits per heavy atom. The molecule has 1 amide bonds. The first-order valence-corrected chi connectivity index (χ1v) is 11.9. The van der Waals surface area contributed by atoms with E-state index in [1.165, 1.54) is 0 Å². The Kier molecular flexibility index (Phi) is 6.79. The van der Waals surface area contributed by atoms with E-state index in [0.29, 0.717) is 30.5 Å². The van der Waals surface area contributed by atoms with Crippen LogP contribution in [0.5, 0.6) is 5.75 Å². The first-order valence-electron chi connectivity index (χ1n) is 11.9. The summed E-state index contributed by atoms with van der Waals surface area (Å²) in [6, 6.07) is 22.9. The topological polar surface area (TPSA) is 72.8 Å². The van der Waals surface area contributed by atoms with E-state index in [1.54, 1.807) is 7.11 Å². The molecule has 0 unspecified atom stereocenters. The van der Waals surface area contributed by atoms with Gasteiger partial charge in [-0.3, -0.25) is 14.5 Å². The van der Waals surface area contributed by atoms with Crippen LogP contribution in [0.4, 0.5) is 0 Å². The predicted octanol–water partition coefficient (Wildman–Crippen LogP) is 3.35. The Balaban J connectivity index is 1.40. The van der Waals surface area contributed by atoms with Crippen LogP contribution in [0.1, 0.15) is 11.6 Å². The van der Waals surface area contributed by atoms with Gasteiger partial charge in [0.1, 0.15) is 12.3 Å². The lowest BCUT2D eigenvalue weighted by Gasteiger charge is -2.35. The lowest BCUT2D eigenvalue weighted by Crippen LogP contribution is -2.44. The largest absolute Gasteiger partial charge is 0.497 e. The smallest absolute Gasteiger partial charge is 0.240 e. The number of aromatic nitrogens is 1. The standard InChI is InChI=1S/C28H29N3O4/c1-34-21-12-10-20(11-13-21)26(30-14-16-35-17-15-30)18-29-27(32)19-31-24-8-4-2-6-22(24)28(33)23-7-3-5-9-25(23)31/h2-13,26H,14-19H2,1H3,(H,29,32)/t26-/m1/s1. The van der Waals surface area contributed by atoms with Crippen LogP contribution in [-0.4, -0.2) is 55.3 Å². The molecule has 1 fully saturated rings. The van der Waals surface area contributed by atoms with Crippen LogP contribution in [0.3, 0.4) is 0 Å². The number of hydrogen-bond donors (Lipinski definition) is 1. The molecule has 0 bridgehead atoms. The van der Waals surface area contributed by atoms with Gasteiger partial charge in [0, 0.05) is 30.4 Å². The van der Waals surface area contributed by atoms with E-state index < -0.39 is 0 Å². The maximum absolute atomic E-state index is 13.2. The summed E-state index contributed by atoms with van der Waals surface area (Å²) < 4.78 is 12.8. The molecular formula is C28H29N3O4. The van der Waals surface area contributed by atoms with Gasteiger partial charge in [-0.2, -0.15) is 0 Å². The monoisotopic (exact) mass is 471 g/mol. The Bertz CT molecular complexity index is 1330. The number of pyridine rings is 1. The van der Waals surface area contributed by atoms with Crippen molar-refractivity contribution in [3.8, 4) is 5.75 Å². The van der Waals surface area contributed by atoms with E-state index in [4.69, 9.17) is 9.47 Å². The highest BCUT2D eigenvalue weighted by molar-refractivity contribution is 5.94. The number of amides is 1. The molecular weight excluding hydrogens is 442 g/mol. The minimum Gasteiger partial charge on any atom is -0.497 e. The maximum atomic E-state index is 13.2. The summed E-state index contributed by atoms with van der Waals surface area (Å²) in [7, 11) is 1.65. The Hall–Kier alpha value is -3.68. The lowest BCUT2D eigenvalue weighted by molar-refractivity contribution is -0.121. The van der Waals surface area contributed by atoms with E-state index in [9.17, 15) is 9.59 Å². The van der Waals surface area contributed by atoms with E-state index in [-0.39, 0.29) is 23.9 Å². The average Bonchev–Trinajstić information content (AvgIpc) is 2.92. The van der Waals surface area contributed by atoms with Crippen molar-refractivity contribution < 1.29 is 14.3 Å². The quantitative estimate of drug-likeness (QED) is 0.419.